The van der Waals surface area contributed by atoms with Gasteiger partial charge in [0.15, 0.2) is 0 Å². The molecular weight excluding hydrogens is 354 g/mol. The molecule has 0 N–H and O–H groups in total. The number of methoxy groups -OCH3 is 1. The number of amides is 2. The Labute approximate surface area is 156 Å². The Balaban J connectivity index is 1.70. The number of nitrogens with zero attached hydrogens (tertiary/aromatic N) is 2. The van der Waals surface area contributed by atoms with Crippen LogP contribution in [0, 0.1) is 11.6 Å². The van der Waals surface area contributed by atoms with Gasteiger partial charge in [0.2, 0.25) is 0 Å². The molecule has 2 amide bonds. The molecule has 0 aliphatic carbocycles. The van der Waals surface area contributed by atoms with Crippen LogP contribution in [-0.2, 0) is 0 Å². The van der Waals surface area contributed by atoms with Crippen molar-refractivity contribution in [2.75, 3.05) is 33.3 Å². The van der Waals surface area contributed by atoms with Gasteiger partial charge in [-0.2, -0.15) is 0 Å². The van der Waals surface area contributed by atoms with E-state index in [1.165, 1.54) is 53.3 Å². The first-order valence-corrected chi connectivity index (χ1v) is 8.68. The smallest absolute Gasteiger partial charge is 0.256 e. The number of carbonyl (C=O) groups excluding carboxylic acids is 2. The van der Waals surface area contributed by atoms with Crippen molar-refractivity contribution in [2.45, 2.75) is 6.42 Å². The molecule has 5 nitrogen and oxygen atoms in total. The number of halogens is 2. The van der Waals surface area contributed by atoms with Gasteiger partial charge < -0.3 is 14.5 Å². The fourth-order valence-electron chi connectivity index (χ4n) is 3.10. The van der Waals surface area contributed by atoms with Crippen LogP contribution < -0.4 is 4.74 Å². The van der Waals surface area contributed by atoms with Crippen LogP contribution in [0.2, 0.25) is 0 Å². The zero-order valence-electron chi connectivity index (χ0n) is 15.0. The topological polar surface area (TPSA) is 49.9 Å². The molecule has 0 aromatic heterocycles. The van der Waals surface area contributed by atoms with Crippen molar-refractivity contribution in [3.8, 4) is 5.75 Å². The molecule has 0 bridgehead atoms. The van der Waals surface area contributed by atoms with Crippen LogP contribution in [0.15, 0.2) is 42.5 Å². The zero-order chi connectivity index (χ0) is 19.4. The number of hydrogen-bond acceptors (Lipinski definition) is 3. The molecule has 0 radical (unpaired) electrons. The van der Waals surface area contributed by atoms with Crippen LogP contribution in [0.4, 0.5) is 8.78 Å². The SMILES string of the molecule is COc1ccc(C(=O)N2CCCN(C(=O)c3ccccc3F)CC2)c(F)c1. The maximum absolute atomic E-state index is 14.2. The summed E-state index contributed by atoms with van der Waals surface area (Å²) in [5, 5.41) is 0. The molecule has 0 saturated carbocycles. The predicted molar refractivity (Wildman–Crippen MR) is 95.8 cm³/mol. The van der Waals surface area contributed by atoms with Crippen molar-refractivity contribution in [3.63, 3.8) is 0 Å². The van der Waals surface area contributed by atoms with Crippen LogP contribution in [-0.4, -0.2) is 54.9 Å². The first kappa shape index (κ1) is 18.8. The fourth-order valence-corrected chi connectivity index (χ4v) is 3.10. The van der Waals surface area contributed by atoms with Crippen molar-refractivity contribution in [1.82, 2.24) is 9.80 Å². The average molecular weight is 374 g/mol. The Kier molecular flexibility index (Phi) is 5.69. The highest BCUT2D eigenvalue weighted by Gasteiger charge is 2.26. The molecule has 0 unspecified atom stereocenters. The quantitative estimate of drug-likeness (QED) is 0.830. The minimum atomic E-state index is -0.650. The van der Waals surface area contributed by atoms with Gasteiger partial charge in [-0.3, -0.25) is 9.59 Å². The molecule has 1 fully saturated rings. The standard InChI is InChI=1S/C20H20F2N2O3/c1-27-14-7-8-16(18(22)13-14)20(26)24-10-4-9-23(11-12-24)19(25)15-5-2-3-6-17(15)21/h2-3,5-8,13H,4,9-12H2,1H3. The fraction of sp³-hybridized carbons (Fsp3) is 0.300. The van der Waals surface area contributed by atoms with Crippen molar-refractivity contribution in [3.05, 3.63) is 65.2 Å². The summed E-state index contributed by atoms with van der Waals surface area (Å²) in [5.74, 6) is -1.72. The van der Waals surface area contributed by atoms with Gasteiger partial charge in [-0.15, -0.1) is 0 Å². The second-order valence-electron chi connectivity index (χ2n) is 6.26. The monoisotopic (exact) mass is 374 g/mol. The van der Waals surface area contributed by atoms with Crippen LogP contribution in [0.1, 0.15) is 27.1 Å². The largest absolute Gasteiger partial charge is 0.497 e. The molecule has 3 rings (SSSR count). The third kappa shape index (κ3) is 4.07. The van der Waals surface area contributed by atoms with E-state index in [1.807, 2.05) is 0 Å². The van der Waals surface area contributed by atoms with Gasteiger partial charge >= 0.3 is 0 Å². The molecule has 1 aliphatic rings. The molecule has 0 spiro atoms. The van der Waals surface area contributed by atoms with Gasteiger partial charge in [-0.05, 0) is 30.7 Å². The number of benzene rings is 2. The molecule has 7 heteroatoms. The van der Waals surface area contributed by atoms with Crippen molar-refractivity contribution in [1.29, 1.82) is 0 Å². The van der Waals surface area contributed by atoms with Gasteiger partial charge in [0.25, 0.3) is 11.8 Å². The van der Waals surface area contributed by atoms with Crippen LogP contribution in [0.3, 0.4) is 0 Å². The summed E-state index contributed by atoms with van der Waals surface area (Å²) in [6, 6.07) is 9.91. The van der Waals surface area contributed by atoms with Gasteiger partial charge in [0.1, 0.15) is 17.4 Å². The molecule has 1 heterocycles. The maximum Gasteiger partial charge on any atom is 0.256 e. The molecule has 2 aromatic rings. The highest BCUT2D eigenvalue weighted by Crippen LogP contribution is 2.19. The molecule has 0 atom stereocenters. The predicted octanol–water partition coefficient (Wildman–Crippen LogP) is 2.96. The highest BCUT2D eigenvalue weighted by atomic mass is 19.1. The Bertz CT molecular complexity index is 857. The molecular formula is C20H20F2N2O3. The Morgan fingerprint density at radius 1 is 0.852 bits per heavy atom. The first-order valence-electron chi connectivity index (χ1n) is 8.68. The summed E-state index contributed by atoms with van der Waals surface area (Å²) in [7, 11) is 1.42. The van der Waals surface area contributed by atoms with Crippen LogP contribution in [0.5, 0.6) is 5.75 Å². The van der Waals surface area contributed by atoms with Gasteiger partial charge in [-0.1, -0.05) is 12.1 Å². The maximum atomic E-state index is 14.2. The minimum absolute atomic E-state index is 0.0125. The van der Waals surface area contributed by atoms with Gasteiger partial charge in [-0.25, -0.2) is 8.78 Å². The van der Waals surface area contributed by atoms with Gasteiger partial charge in [0.05, 0.1) is 18.2 Å². The minimum Gasteiger partial charge on any atom is -0.497 e. The van der Waals surface area contributed by atoms with E-state index in [1.54, 1.807) is 6.07 Å². The third-order valence-electron chi connectivity index (χ3n) is 4.58. The Morgan fingerprint density at radius 2 is 1.44 bits per heavy atom. The third-order valence-corrected chi connectivity index (χ3v) is 4.58. The van der Waals surface area contributed by atoms with E-state index in [-0.39, 0.29) is 24.2 Å². The summed E-state index contributed by atoms with van der Waals surface area (Å²) in [4.78, 5) is 28.2. The van der Waals surface area contributed by atoms with Gasteiger partial charge in [0, 0.05) is 32.2 Å². The molecule has 142 valence electrons. The van der Waals surface area contributed by atoms with E-state index in [2.05, 4.69) is 0 Å². The van der Waals surface area contributed by atoms with E-state index in [4.69, 9.17) is 4.74 Å². The normalized spacial score (nSPS) is 14.6. The number of ether oxygens (including phenoxy) is 1. The number of rotatable bonds is 3. The Morgan fingerprint density at radius 3 is 2.00 bits per heavy atom. The van der Waals surface area contributed by atoms with E-state index in [0.29, 0.717) is 25.3 Å². The van der Waals surface area contributed by atoms with Crippen molar-refractivity contribution < 1.29 is 23.1 Å². The second kappa shape index (κ2) is 8.16. The molecule has 27 heavy (non-hydrogen) atoms. The summed E-state index contributed by atoms with van der Waals surface area (Å²) in [6.07, 6.45) is 0.531. The zero-order valence-corrected chi connectivity index (χ0v) is 15.0. The van der Waals surface area contributed by atoms with E-state index in [9.17, 15) is 18.4 Å². The highest BCUT2D eigenvalue weighted by molar-refractivity contribution is 5.96. The van der Waals surface area contributed by atoms with E-state index in [0.717, 1.165) is 0 Å². The Hall–Kier alpha value is -2.96. The summed E-state index contributed by atoms with van der Waals surface area (Å²) in [6.45, 7) is 1.31. The summed E-state index contributed by atoms with van der Waals surface area (Å²) < 4.78 is 33.0. The summed E-state index contributed by atoms with van der Waals surface area (Å²) >= 11 is 0. The van der Waals surface area contributed by atoms with Crippen molar-refractivity contribution in [2.24, 2.45) is 0 Å². The summed E-state index contributed by atoms with van der Waals surface area (Å²) in [5.41, 5.74) is -0.0249. The van der Waals surface area contributed by atoms with Crippen molar-refractivity contribution >= 4 is 11.8 Å². The number of hydrogen-bond donors (Lipinski definition) is 0. The van der Waals surface area contributed by atoms with E-state index < -0.39 is 23.4 Å². The lowest BCUT2D eigenvalue weighted by Gasteiger charge is -2.22. The molecule has 1 saturated heterocycles. The lowest BCUT2D eigenvalue weighted by Crippen LogP contribution is -2.37. The second-order valence-corrected chi connectivity index (χ2v) is 6.26. The van der Waals surface area contributed by atoms with Crippen LogP contribution in [0.25, 0.3) is 0 Å². The molecule has 1 aliphatic heterocycles. The number of carbonyl (C=O) groups is 2. The molecule has 2 aromatic carbocycles. The lowest BCUT2D eigenvalue weighted by atomic mass is 10.1. The first-order chi connectivity index (χ1) is 13.0. The lowest BCUT2D eigenvalue weighted by molar-refractivity contribution is 0.0713. The van der Waals surface area contributed by atoms with Crippen LogP contribution >= 0.6 is 0 Å². The van der Waals surface area contributed by atoms with E-state index >= 15 is 0 Å². The average Bonchev–Trinajstić information content (AvgIpc) is 2.93.